The van der Waals surface area contributed by atoms with Gasteiger partial charge < -0.3 is 20.5 Å². The van der Waals surface area contributed by atoms with Crippen molar-refractivity contribution in [2.45, 2.75) is 38.6 Å². The number of benzene rings is 1. The standard InChI is InChI=1S/C16H22N2O3/c17-10-16(6-2-1-3-7-16)15(19)18-9-12-4-5-13-14(8-12)21-11-20-13/h4-5,8H,1-3,6-7,9-11,17H2,(H,18,19). The molecule has 1 aliphatic carbocycles. The van der Waals surface area contributed by atoms with Crippen LogP contribution in [-0.4, -0.2) is 19.2 Å². The summed E-state index contributed by atoms with van der Waals surface area (Å²) in [6.45, 7) is 1.19. The topological polar surface area (TPSA) is 73.6 Å². The second-order valence-electron chi connectivity index (χ2n) is 5.92. The summed E-state index contributed by atoms with van der Waals surface area (Å²) in [5.41, 5.74) is 6.53. The molecule has 21 heavy (non-hydrogen) atoms. The van der Waals surface area contributed by atoms with E-state index >= 15 is 0 Å². The SMILES string of the molecule is NCC1(C(=O)NCc2ccc3c(c2)OCO3)CCCCC1. The van der Waals surface area contributed by atoms with Crippen LogP contribution >= 0.6 is 0 Å². The lowest BCUT2D eigenvalue weighted by Gasteiger charge is -2.34. The minimum absolute atomic E-state index is 0.0855. The molecule has 0 saturated heterocycles. The van der Waals surface area contributed by atoms with Crippen LogP contribution < -0.4 is 20.5 Å². The number of hydrogen-bond donors (Lipinski definition) is 2. The lowest BCUT2D eigenvalue weighted by molar-refractivity contribution is -0.132. The third kappa shape index (κ3) is 2.83. The van der Waals surface area contributed by atoms with Crippen LogP contribution in [0.2, 0.25) is 0 Å². The number of rotatable bonds is 4. The predicted octanol–water partition coefficient (Wildman–Crippen LogP) is 1.94. The van der Waals surface area contributed by atoms with Gasteiger partial charge in [-0.2, -0.15) is 0 Å². The number of nitrogens with one attached hydrogen (secondary N) is 1. The van der Waals surface area contributed by atoms with E-state index in [1.54, 1.807) is 0 Å². The number of hydrogen-bond acceptors (Lipinski definition) is 4. The highest BCUT2D eigenvalue weighted by atomic mass is 16.7. The van der Waals surface area contributed by atoms with Gasteiger partial charge in [0.1, 0.15) is 0 Å². The van der Waals surface area contributed by atoms with Gasteiger partial charge in [0.05, 0.1) is 5.41 Å². The third-order valence-electron chi connectivity index (χ3n) is 4.57. The number of carbonyl (C=O) groups is 1. The van der Waals surface area contributed by atoms with Gasteiger partial charge in [-0.15, -0.1) is 0 Å². The van der Waals surface area contributed by atoms with Crippen LogP contribution in [0.1, 0.15) is 37.7 Å². The fourth-order valence-corrected chi connectivity index (χ4v) is 3.17. The highest BCUT2D eigenvalue weighted by Crippen LogP contribution is 2.36. The first-order valence-corrected chi connectivity index (χ1v) is 7.60. The number of carbonyl (C=O) groups excluding carboxylic acids is 1. The summed E-state index contributed by atoms with van der Waals surface area (Å²) in [4.78, 5) is 12.5. The molecule has 2 aliphatic rings. The second kappa shape index (κ2) is 5.93. The molecule has 0 spiro atoms. The van der Waals surface area contributed by atoms with E-state index in [-0.39, 0.29) is 18.1 Å². The molecule has 0 bridgehead atoms. The largest absolute Gasteiger partial charge is 0.454 e. The minimum atomic E-state index is -0.366. The van der Waals surface area contributed by atoms with Crippen LogP contribution in [0.15, 0.2) is 18.2 Å². The minimum Gasteiger partial charge on any atom is -0.454 e. The number of amides is 1. The summed E-state index contributed by atoms with van der Waals surface area (Å²) in [5, 5.41) is 3.04. The first-order chi connectivity index (χ1) is 10.2. The van der Waals surface area contributed by atoms with Crippen molar-refractivity contribution in [2.24, 2.45) is 11.1 Å². The molecular weight excluding hydrogens is 268 g/mol. The van der Waals surface area contributed by atoms with Crippen molar-refractivity contribution >= 4 is 5.91 Å². The molecule has 1 aliphatic heterocycles. The Bertz CT molecular complexity index is 524. The molecule has 3 N–H and O–H groups in total. The van der Waals surface area contributed by atoms with E-state index in [4.69, 9.17) is 15.2 Å². The summed E-state index contributed by atoms with van der Waals surface area (Å²) in [6, 6.07) is 5.74. The second-order valence-corrected chi connectivity index (χ2v) is 5.92. The monoisotopic (exact) mass is 290 g/mol. The molecule has 3 rings (SSSR count). The predicted molar refractivity (Wildman–Crippen MR) is 79.0 cm³/mol. The summed E-state index contributed by atoms with van der Waals surface area (Å²) >= 11 is 0. The van der Waals surface area contributed by atoms with E-state index < -0.39 is 0 Å². The Kier molecular flexibility index (Phi) is 4.01. The smallest absolute Gasteiger partial charge is 0.231 e. The average Bonchev–Trinajstić information content (AvgIpc) is 3.00. The van der Waals surface area contributed by atoms with Crippen molar-refractivity contribution in [3.8, 4) is 11.5 Å². The molecule has 1 saturated carbocycles. The fourth-order valence-electron chi connectivity index (χ4n) is 3.17. The normalized spacial score (nSPS) is 19.3. The van der Waals surface area contributed by atoms with Crippen LogP contribution in [0.5, 0.6) is 11.5 Å². The molecule has 1 aromatic carbocycles. The van der Waals surface area contributed by atoms with Crippen LogP contribution in [0.25, 0.3) is 0 Å². The highest BCUT2D eigenvalue weighted by molar-refractivity contribution is 5.83. The van der Waals surface area contributed by atoms with Crippen molar-refractivity contribution in [1.29, 1.82) is 0 Å². The molecule has 0 radical (unpaired) electrons. The Hall–Kier alpha value is -1.75. The molecule has 1 amide bonds. The van der Waals surface area contributed by atoms with Gasteiger partial charge in [0.25, 0.3) is 0 Å². The van der Waals surface area contributed by atoms with Gasteiger partial charge in [-0.3, -0.25) is 4.79 Å². The first kappa shape index (κ1) is 14.2. The maximum atomic E-state index is 12.5. The van der Waals surface area contributed by atoms with Crippen LogP contribution in [0.3, 0.4) is 0 Å². The van der Waals surface area contributed by atoms with E-state index in [1.165, 1.54) is 6.42 Å². The molecule has 5 nitrogen and oxygen atoms in total. The van der Waals surface area contributed by atoms with Gasteiger partial charge in [0.15, 0.2) is 11.5 Å². The molecule has 1 heterocycles. The molecular formula is C16H22N2O3. The first-order valence-electron chi connectivity index (χ1n) is 7.60. The molecule has 1 aromatic rings. The third-order valence-corrected chi connectivity index (χ3v) is 4.57. The molecule has 114 valence electrons. The van der Waals surface area contributed by atoms with Crippen molar-refractivity contribution in [1.82, 2.24) is 5.32 Å². The van der Waals surface area contributed by atoms with Crippen molar-refractivity contribution in [3.63, 3.8) is 0 Å². The maximum Gasteiger partial charge on any atom is 0.231 e. The Labute approximate surface area is 124 Å². The van der Waals surface area contributed by atoms with Gasteiger partial charge in [0.2, 0.25) is 12.7 Å². The molecule has 0 aromatic heterocycles. The van der Waals surface area contributed by atoms with E-state index in [1.807, 2.05) is 18.2 Å². The number of nitrogens with two attached hydrogens (primary N) is 1. The van der Waals surface area contributed by atoms with E-state index in [9.17, 15) is 4.79 Å². The molecule has 0 atom stereocenters. The van der Waals surface area contributed by atoms with Gasteiger partial charge in [0, 0.05) is 13.1 Å². The van der Waals surface area contributed by atoms with Crippen molar-refractivity contribution < 1.29 is 14.3 Å². The van der Waals surface area contributed by atoms with Gasteiger partial charge >= 0.3 is 0 Å². The van der Waals surface area contributed by atoms with Crippen LogP contribution in [0, 0.1) is 5.41 Å². The zero-order valence-corrected chi connectivity index (χ0v) is 12.2. The molecule has 1 fully saturated rings. The Balaban J connectivity index is 1.62. The highest BCUT2D eigenvalue weighted by Gasteiger charge is 2.37. The lowest BCUT2D eigenvalue weighted by atomic mass is 9.73. The van der Waals surface area contributed by atoms with E-state index in [2.05, 4.69) is 5.32 Å². The zero-order chi connectivity index (χ0) is 14.7. The maximum absolute atomic E-state index is 12.5. The fraction of sp³-hybridized carbons (Fsp3) is 0.562. The molecule has 5 heteroatoms. The quantitative estimate of drug-likeness (QED) is 0.889. The van der Waals surface area contributed by atoms with Gasteiger partial charge in [-0.05, 0) is 30.5 Å². The average molecular weight is 290 g/mol. The van der Waals surface area contributed by atoms with E-state index in [0.717, 1.165) is 42.7 Å². The molecule has 0 unspecified atom stereocenters. The Morgan fingerprint density at radius 2 is 1.95 bits per heavy atom. The Morgan fingerprint density at radius 1 is 1.19 bits per heavy atom. The van der Waals surface area contributed by atoms with Crippen molar-refractivity contribution in [2.75, 3.05) is 13.3 Å². The van der Waals surface area contributed by atoms with Gasteiger partial charge in [-0.1, -0.05) is 25.3 Å². The summed E-state index contributed by atoms with van der Waals surface area (Å²) in [5.74, 6) is 1.59. The Morgan fingerprint density at radius 3 is 2.71 bits per heavy atom. The van der Waals surface area contributed by atoms with Crippen LogP contribution in [0.4, 0.5) is 0 Å². The summed E-state index contributed by atoms with van der Waals surface area (Å²) < 4.78 is 10.6. The summed E-state index contributed by atoms with van der Waals surface area (Å²) in [6.07, 6.45) is 5.19. The number of fused-ring (bicyclic) bond motifs is 1. The van der Waals surface area contributed by atoms with Gasteiger partial charge in [-0.25, -0.2) is 0 Å². The van der Waals surface area contributed by atoms with Crippen molar-refractivity contribution in [3.05, 3.63) is 23.8 Å². The van der Waals surface area contributed by atoms with Crippen LogP contribution in [-0.2, 0) is 11.3 Å². The lowest BCUT2D eigenvalue weighted by Crippen LogP contribution is -2.46. The zero-order valence-electron chi connectivity index (χ0n) is 12.2. The van der Waals surface area contributed by atoms with E-state index in [0.29, 0.717) is 13.1 Å². The number of ether oxygens (including phenoxy) is 2. The summed E-state index contributed by atoms with van der Waals surface area (Å²) in [7, 11) is 0.